The summed E-state index contributed by atoms with van der Waals surface area (Å²) in [6.45, 7) is 5.53. The van der Waals surface area contributed by atoms with Crippen molar-refractivity contribution in [1.29, 1.82) is 0 Å². The predicted octanol–water partition coefficient (Wildman–Crippen LogP) is 3.62. The van der Waals surface area contributed by atoms with Crippen LogP contribution in [0.5, 0.6) is 5.75 Å². The van der Waals surface area contributed by atoms with Crippen molar-refractivity contribution >= 4 is 34.8 Å². The molecule has 170 valence electrons. The van der Waals surface area contributed by atoms with Crippen LogP contribution in [-0.2, 0) is 0 Å². The zero-order chi connectivity index (χ0) is 22.3. The normalized spacial score (nSPS) is 14.5. The molecule has 1 N–H and O–H groups in total. The van der Waals surface area contributed by atoms with Gasteiger partial charge in [0.15, 0.2) is 5.82 Å². The summed E-state index contributed by atoms with van der Waals surface area (Å²) in [6.07, 6.45) is 3.72. The summed E-state index contributed by atoms with van der Waals surface area (Å²) < 4.78 is 7.26. The number of hydrogen-bond acceptors (Lipinski definition) is 5. The van der Waals surface area contributed by atoms with Crippen LogP contribution < -0.4 is 19.4 Å². The summed E-state index contributed by atoms with van der Waals surface area (Å²) in [7, 11) is 1.72. The summed E-state index contributed by atoms with van der Waals surface area (Å²) in [4.78, 5) is 21.0. The third-order valence-electron chi connectivity index (χ3n) is 5.86. The van der Waals surface area contributed by atoms with Gasteiger partial charge in [-0.05, 0) is 43.7 Å². The van der Waals surface area contributed by atoms with Gasteiger partial charge in [-0.2, -0.15) is 0 Å². The maximum atomic E-state index is 12.3. The predicted molar refractivity (Wildman–Crippen MR) is 128 cm³/mol. The summed E-state index contributed by atoms with van der Waals surface area (Å²) >= 11 is 5.62. The first-order chi connectivity index (χ1) is 15.7. The number of halogens is 1. The number of fused-ring (bicyclic) bond motifs is 1. The van der Waals surface area contributed by atoms with Gasteiger partial charge < -0.3 is 9.64 Å². The van der Waals surface area contributed by atoms with E-state index in [1.807, 2.05) is 42.6 Å². The summed E-state index contributed by atoms with van der Waals surface area (Å²) in [5.41, 5.74) is 2.09. The van der Waals surface area contributed by atoms with Crippen LogP contribution in [0.1, 0.15) is 12.8 Å². The number of aromatic nitrogens is 2. The Morgan fingerprint density at radius 1 is 1.12 bits per heavy atom. The molecule has 1 fully saturated rings. The molecule has 3 heterocycles. The Labute approximate surface area is 193 Å². The van der Waals surface area contributed by atoms with Gasteiger partial charge in [0.1, 0.15) is 5.75 Å². The number of rotatable bonds is 8. The van der Waals surface area contributed by atoms with E-state index in [9.17, 15) is 4.79 Å². The number of para-hydroxylation sites is 2. The minimum atomic E-state index is -0.361. The first-order valence-electron chi connectivity index (χ1n) is 10.9. The number of piperazine rings is 1. The fourth-order valence-corrected chi connectivity index (χ4v) is 4.24. The van der Waals surface area contributed by atoms with E-state index >= 15 is 0 Å². The van der Waals surface area contributed by atoms with Gasteiger partial charge in [0.2, 0.25) is 0 Å². The van der Waals surface area contributed by atoms with Crippen LogP contribution in [0.15, 0.2) is 54.7 Å². The molecule has 0 radical (unpaired) electrons. The van der Waals surface area contributed by atoms with Crippen LogP contribution in [0.4, 0.5) is 16.3 Å². The second-order valence-corrected chi connectivity index (χ2v) is 8.02. The van der Waals surface area contributed by atoms with Gasteiger partial charge in [-0.25, -0.2) is 14.1 Å². The summed E-state index contributed by atoms with van der Waals surface area (Å²) in [5.74, 6) is 1.52. The highest BCUT2D eigenvalue weighted by molar-refractivity contribution is 6.23. The second kappa shape index (κ2) is 10.6. The molecule has 1 aliphatic heterocycles. The Bertz CT molecular complexity index is 1000. The van der Waals surface area contributed by atoms with Crippen molar-refractivity contribution < 1.29 is 9.53 Å². The number of carbonyl (C=O) groups excluding carboxylic acids is 1. The molecule has 0 aliphatic carbocycles. The van der Waals surface area contributed by atoms with Crippen LogP contribution in [-0.4, -0.2) is 66.9 Å². The van der Waals surface area contributed by atoms with Crippen molar-refractivity contribution in [2.45, 2.75) is 12.8 Å². The Kier molecular flexibility index (Phi) is 7.34. The summed E-state index contributed by atoms with van der Waals surface area (Å²) in [5, 5.41) is 4.50. The Morgan fingerprint density at radius 3 is 2.66 bits per heavy atom. The lowest BCUT2D eigenvalue weighted by atomic mass is 10.2. The largest absolute Gasteiger partial charge is 0.495 e. The molecular formula is C23H29ClN6O2. The van der Waals surface area contributed by atoms with Gasteiger partial charge in [0, 0.05) is 56.8 Å². The highest BCUT2D eigenvalue weighted by atomic mass is 35.5. The van der Waals surface area contributed by atoms with E-state index in [0.717, 1.165) is 62.5 Å². The monoisotopic (exact) mass is 456 g/mol. The van der Waals surface area contributed by atoms with Gasteiger partial charge in [0.05, 0.1) is 18.3 Å². The Balaban J connectivity index is 1.26. The molecule has 2 aromatic heterocycles. The number of carbonyl (C=O) groups is 1. The van der Waals surface area contributed by atoms with E-state index < -0.39 is 0 Å². The van der Waals surface area contributed by atoms with Crippen molar-refractivity contribution in [2.24, 2.45) is 0 Å². The average Bonchev–Trinajstić information content (AvgIpc) is 3.28. The van der Waals surface area contributed by atoms with E-state index in [1.54, 1.807) is 16.5 Å². The second-order valence-electron chi connectivity index (χ2n) is 7.83. The third kappa shape index (κ3) is 5.08. The zero-order valence-corrected chi connectivity index (χ0v) is 19.0. The number of nitrogens with zero attached hydrogens (tertiary/aromatic N) is 5. The van der Waals surface area contributed by atoms with Crippen LogP contribution >= 0.6 is 11.8 Å². The van der Waals surface area contributed by atoms with Crippen molar-refractivity contribution in [3.63, 3.8) is 0 Å². The van der Waals surface area contributed by atoms with Crippen molar-refractivity contribution in [2.75, 3.05) is 56.2 Å². The van der Waals surface area contributed by atoms with Crippen LogP contribution in [0.3, 0.4) is 0 Å². The van der Waals surface area contributed by atoms with E-state index in [1.165, 1.54) is 0 Å². The summed E-state index contributed by atoms with van der Waals surface area (Å²) in [6, 6.07) is 15.5. The lowest BCUT2D eigenvalue weighted by Gasteiger charge is -2.36. The quantitative estimate of drug-likeness (QED) is 0.414. The number of nitrogens with one attached hydrogen (secondary N) is 1. The molecular weight excluding hydrogens is 428 g/mol. The number of anilines is 2. The van der Waals surface area contributed by atoms with E-state index in [0.29, 0.717) is 12.4 Å². The number of urea groups is 1. The van der Waals surface area contributed by atoms with Gasteiger partial charge in [-0.1, -0.05) is 18.2 Å². The molecule has 0 atom stereocenters. The molecule has 4 rings (SSSR count). The molecule has 2 amide bonds. The van der Waals surface area contributed by atoms with Crippen molar-refractivity contribution in [1.82, 2.24) is 19.3 Å². The van der Waals surface area contributed by atoms with Crippen LogP contribution in [0, 0.1) is 0 Å². The average molecular weight is 457 g/mol. The van der Waals surface area contributed by atoms with Gasteiger partial charge in [0.25, 0.3) is 0 Å². The Hall–Kier alpha value is -2.97. The number of methoxy groups -OCH3 is 1. The molecule has 9 heteroatoms. The maximum Gasteiger partial charge on any atom is 0.337 e. The topological polar surface area (TPSA) is 65.4 Å². The third-order valence-corrected chi connectivity index (χ3v) is 6.03. The lowest BCUT2D eigenvalue weighted by molar-refractivity contribution is 0.247. The fourth-order valence-electron chi connectivity index (χ4n) is 4.14. The molecule has 1 aromatic carbocycles. The lowest BCUT2D eigenvalue weighted by Crippen LogP contribution is -2.46. The highest BCUT2D eigenvalue weighted by Gasteiger charge is 2.20. The minimum absolute atomic E-state index is 0.361. The number of pyridine rings is 1. The number of amides is 2. The van der Waals surface area contributed by atoms with Crippen LogP contribution in [0.2, 0.25) is 0 Å². The highest BCUT2D eigenvalue weighted by Crippen LogP contribution is 2.28. The molecule has 32 heavy (non-hydrogen) atoms. The van der Waals surface area contributed by atoms with Gasteiger partial charge in [-0.15, -0.1) is 5.10 Å². The number of benzene rings is 1. The van der Waals surface area contributed by atoms with Crippen LogP contribution in [0.25, 0.3) is 5.52 Å². The molecule has 8 nitrogen and oxygen atoms in total. The number of hydrogen-bond donors (Lipinski definition) is 1. The smallest absolute Gasteiger partial charge is 0.337 e. The molecule has 0 saturated carbocycles. The number of unbranched alkanes of at least 4 members (excludes halogenated alkanes) is 1. The van der Waals surface area contributed by atoms with E-state index in [-0.39, 0.29) is 6.03 Å². The molecule has 0 spiro atoms. The van der Waals surface area contributed by atoms with E-state index in [2.05, 4.69) is 31.9 Å². The van der Waals surface area contributed by atoms with E-state index in [4.69, 9.17) is 16.5 Å². The molecule has 0 bridgehead atoms. The van der Waals surface area contributed by atoms with Crippen molar-refractivity contribution in [3.05, 3.63) is 54.7 Å². The number of ether oxygens (including phenoxy) is 1. The zero-order valence-electron chi connectivity index (χ0n) is 18.3. The molecule has 3 aromatic rings. The first kappa shape index (κ1) is 22.2. The first-order valence-corrected chi connectivity index (χ1v) is 11.3. The molecule has 1 aliphatic rings. The minimum Gasteiger partial charge on any atom is -0.495 e. The fraction of sp³-hybridized carbons (Fsp3) is 0.391. The standard InChI is InChI=1S/C23H29ClN6O2/c1-32-21-10-3-2-9-20(21)28-16-14-27(15-17-28)11-6-7-12-29(23(31)25-24)22-18-19-8-4-5-13-30(19)26-22/h2-5,8-10,13,18H,6-7,11-12,14-17H2,1H3,(H,25,31). The SMILES string of the molecule is COc1ccccc1N1CCN(CCCCN(C(=O)NCl)c2cc3ccccn3n2)CC1. The van der Waals surface area contributed by atoms with Crippen molar-refractivity contribution in [3.8, 4) is 5.75 Å². The van der Waals surface area contributed by atoms with Gasteiger partial charge in [-0.3, -0.25) is 9.80 Å². The van der Waals surface area contributed by atoms with Gasteiger partial charge >= 0.3 is 6.03 Å². The molecule has 0 unspecified atom stereocenters. The Morgan fingerprint density at radius 2 is 1.91 bits per heavy atom. The maximum absolute atomic E-state index is 12.3. The molecule has 1 saturated heterocycles.